The Labute approximate surface area is 171 Å². The second kappa shape index (κ2) is 6.48. The summed E-state index contributed by atoms with van der Waals surface area (Å²) in [6, 6.07) is 9.73. The molecule has 0 saturated carbocycles. The summed E-state index contributed by atoms with van der Waals surface area (Å²) < 4.78 is 0. The molecule has 0 amide bonds. The molecule has 2 aliphatic rings. The molecule has 0 atom stereocenters. The summed E-state index contributed by atoms with van der Waals surface area (Å²) in [5, 5.41) is 0. The van der Waals surface area contributed by atoms with Gasteiger partial charge in [-0.25, -0.2) is 0 Å². The van der Waals surface area contributed by atoms with Crippen LogP contribution in [0.4, 0.5) is 0 Å². The zero-order valence-electron chi connectivity index (χ0n) is 18.7. The maximum Gasteiger partial charge on any atom is -0.00131 e. The first kappa shape index (κ1) is 19.2. The van der Waals surface area contributed by atoms with Gasteiger partial charge in [-0.05, 0) is 80.2 Å². The van der Waals surface area contributed by atoms with Crippen LogP contribution in [0.15, 0.2) is 42.5 Å². The molecule has 0 heteroatoms. The predicted octanol–water partition coefficient (Wildman–Crippen LogP) is 7.76. The van der Waals surface area contributed by atoms with Gasteiger partial charge in [-0.2, -0.15) is 0 Å². The second-order valence-electron chi connectivity index (χ2n) is 10.5. The van der Waals surface area contributed by atoms with Gasteiger partial charge in [0.1, 0.15) is 0 Å². The Morgan fingerprint density at radius 1 is 0.857 bits per heavy atom. The van der Waals surface area contributed by atoms with E-state index in [-0.39, 0.29) is 10.8 Å². The lowest BCUT2D eigenvalue weighted by Gasteiger charge is -2.28. The molecule has 2 aromatic rings. The van der Waals surface area contributed by atoms with Crippen molar-refractivity contribution in [2.45, 2.75) is 78.6 Å². The average molecular weight is 371 g/mol. The Kier molecular flexibility index (Phi) is 4.45. The molecule has 0 unspecified atom stereocenters. The predicted molar refractivity (Wildman–Crippen MR) is 123 cm³/mol. The van der Waals surface area contributed by atoms with Crippen molar-refractivity contribution in [2.24, 2.45) is 0 Å². The van der Waals surface area contributed by atoms with Crippen molar-refractivity contribution >= 4 is 5.57 Å². The summed E-state index contributed by atoms with van der Waals surface area (Å²) in [6.07, 6.45) is 10.1. The summed E-state index contributed by atoms with van der Waals surface area (Å²) >= 11 is 0. The molecule has 2 aromatic carbocycles. The third-order valence-corrected chi connectivity index (χ3v) is 6.39. The molecule has 0 nitrogen and oxygen atoms in total. The summed E-state index contributed by atoms with van der Waals surface area (Å²) in [4.78, 5) is 0. The van der Waals surface area contributed by atoms with E-state index < -0.39 is 0 Å². The molecule has 0 saturated heterocycles. The molecule has 4 rings (SSSR count). The van der Waals surface area contributed by atoms with E-state index in [1.165, 1.54) is 44.5 Å². The van der Waals surface area contributed by atoms with E-state index in [4.69, 9.17) is 0 Å². The van der Waals surface area contributed by atoms with Gasteiger partial charge >= 0.3 is 0 Å². The Morgan fingerprint density at radius 3 is 2.18 bits per heavy atom. The van der Waals surface area contributed by atoms with Crippen LogP contribution in [-0.4, -0.2) is 0 Å². The summed E-state index contributed by atoms with van der Waals surface area (Å²) in [7, 11) is 0. The van der Waals surface area contributed by atoms with Crippen molar-refractivity contribution < 1.29 is 0 Å². The summed E-state index contributed by atoms with van der Waals surface area (Å²) in [6.45, 7) is 16.3. The quantitative estimate of drug-likeness (QED) is 0.432. The van der Waals surface area contributed by atoms with Crippen LogP contribution in [0, 0.1) is 0 Å². The smallest absolute Gasteiger partial charge is 0.00131 e. The van der Waals surface area contributed by atoms with Crippen LogP contribution < -0.4 is 0 Å². The molecule has 0 fully saturated rings. The van der Waals surface area contributed by atoms with Crippen molar-refractivity contribution in [2.75, 3.05) is 0 Å². The van der Waals surface area contributed by atoms with Crippen molar-refractivity contribution in [3.8, 4) is 11.1 Å². The van der Waals surface area contributed by atoms with Gasteiger partial charge in [-0.3, -0.25) is 0 Å². The van der Waals surface area contributed by atoms with Crippen LogP contribution in [0.2, 0.25) is 0 Å². The van der Waals surface area contributed by atoms with Gasteiger partial charge in [0, 0.05) is 0 Å². The fourth-order valence-corrected chi connectivity index (χ4v) is 4.87. The van der Waals surface area contributed by atoms with Crippen molar-refractivity contribution in [1.82, 2.24) is 0 Å². The molecule has 146 valence electrons. The van der Waals surface area contributed by atoms with Gasteiger partial charge in [-0.1, -0.05) is 91.0 Å². The highest BCUT2D eigenvalue weighted by Crippen LogP contribution is 2.47. The minimum atomic E-state index is 0.142. The number of hydrogen-bond acceptors (Lipinski definition) is 0. The van der Waals surface area contributed by atoms with E-state index >= 15 is 0 Å². The van der Waals surface area contributed by atoms with E-state index in [9.17, 15) is 0 Å². The largest absolute Gasteiger partial charge is 0.0801 e. The highest BCUT2D eigenvalue weighted by Gasteiger charge is 2.30. The molecule has 0 spiro atoms. The van der Waals surface area contributed by atoms with Crippen LogP contribution in [-0.2, 0) is 23.7 Å². The number of benzene rings is 2. The fraction of sp³-hybridized carbons (Fsp3) is 0.429. The normalized spacial score (nSPS) is 15.6. The number of allylic oxidation sites excluding steroid dienone is 4. The van der Waals surface area contributed by atoms with Crippen LogP contribution in [0.3, 0.4) is 0 Å². The third-order valence-electron chi connectivity index (χ3n) is 6.39. The van der Waals surface area contributed by atoms with Gasteiger partial charge in [0.15, 0.2) is 0 Å². The van der Waals surface area contributed by atoms with Crippen molar-refractivity contribution in [1.29, 1.82) is 0 Å². The van der Waals surface area contributed by atoms with E-state index in [1.807, 2.05) is 0 Å². The summed E-state index contributed by atoms with van der Waals surface area (Å²) in [5.74, 6) is 0. The van der Waals surface area contributed by atoms with Gasteiger partial charge in [0.25, 0.3) is 0 Å². The fourth-order valence-electron chi connectivity index (χ4n) is 4.87. The minimum Gasteiger partial charge on any atom is -0.0801 e. The van der Waals surface area contributed by atoms with Crippen LogP contribution in [0.1, 0.15) is 88.3 Å². The van der Waals surface area contributed by atoms with Crippen LogP contribution >= 0.6 is 0 Å². The lowest BCUT2D eigenvalue weighted by molar-refractivity contribution is 0.587. The summed E-state index contributed by atoms with van der Waals surface area (Å²) in [5.41, 5.74) is 13.9. The molecular weight excluding hydrogens is 336 g/mol. The molecule has 0 bridgehead atoms. The molecule has 0 aromatic heterocycles. The van der Waals surface area contributed by atoms with Crippen LogP contribution in [0.5, 0.6) is 0 Å². The maximum absolute atomic E-state index is 2.53. The highest BCUT2D eigenvalue weighted by molar-refractivity contribution is 5.87. The Morgan fingerprint density at radius 2 is 1.61 bits per heavy atom. The molecular formula is C28H34. The van der Waals surface area contributed by atoms with E-state index in [2.05, 4.69) is 91.0 Å². The van der Waals surface area contributed by atoms with Gasteiger partial charge in [-0.15, -0.1) is 0 Å². The Bertz CT molecular complexity index is 998. The van der Waals surface area contributed by atoms with Gasteiger partial charge in [0.2, 0.25) is 0 Å². The Hall–Kier alpha value is -2.08. The van der Waals surface area contributed by atoms with Crippen molar-refractivity contribution in [3.05, 3.63) is 75.9 Å². The number of rotatable bonds is 2. The lowest BCUT2D eigenvalue weighted by atomic mass is 9.76. The molecule has 0 N–H and O–H groups in total. The van der Waals surface area contributed by atoms with Gasteiger partial charge in [0.05, 0.1) is 0 Å². The number of fused-ring (bicyclic) bond motifs is 3. The van der Waals surface area contributed by atoms with E-state index in [0.717, 1.165) is 19.3 Å². The number of hydrogen-bond donors (Lipinski definition) is 0. The second-order valence-corrected chi connectivity index (χ2v) is 10.5. The maximum atomic E-state index is 2.53. The first-order valence-electron chi connectivity index (χ1n) is 10.8. The molecule has 0 heterocycles. The van der Waals surface area contributed by atoms with Crippen molar-refractivity contribution in [3.63, 3.8) is 0 Å². The van der Waals surface area contributed by atoms with E-state index in [0.29, 0.717) is 0 Å². The first-order valence-corrected chi connectivity index (χ1v) is 10.8. The third kappa shape index (κ3) is 3.08. The molecule has 2 aliphatic carbocycles. The highest BCUT2D eigenvalue weighted by atomic mass is 14.3. The standard InChI is InChI=1S/C28H34/c1-8-22-25-20(15-19-16-21(27(2,3)4)13-14-23(19)25)17-24(28(5,6)7)26(22)18-11-9-10-12-18/h9-11,13-14,16-17H,8,12,15H2,1-7H3. The average Bonchev–Trinajstić information content (AvgIpc) is 3.25. The SMILES string of the molecule is CCc1c(C2=CC=CC2)c(C(C)(C)C)cc2c1-c1ccc(C(C)(C)C)cc1C2. The molecule has 28 heavy (non-hydrogen) atoms. The first-order chi connectivity index (χ1) is 13.1. The van der Waals surface area contributed by atoms with Crippen LogP contribution in [0.25, 0.3) is 16.7 Å². The molecule has 0 radical (unpaired) electrons. The zero-order chi connectivity index (χ0) is 20.3. The minimum absolute atomic E-state index is 0.142. The monoisotopic (exact) mass is 370 g/mol. The zero-order valence-corrected chi connectivity index (χ0v) is 18.7. The Balaban J connectivity index is 1.98. The van der Waals surface area contributed by atoms with Gasteiger partial charge < -0.3 is 0 Å². The van der Waals surface area contributed by atoms with E-state index in [1.54, 1.807) is 5.56 Å². The topological polar surface area (TPSA) is 0 Å². The molecule has 0 aliphatic heterocycles. The lowest BCUT2D eigenvalue weighted by Crippen LogP contribution is -2.16.